The molecule has 0 aromatic rings. The standard InChI is InChI=1S/C13H25FN4O2/c1-13(2,3)20-12(19)18-9-7-17(8-10-18)11(15)16-6-4-5-14/h4-10H2,1-3H3,(H2,15,16). The van der Waals surface area contributed by atoms with E-state index in [2.05, 4.69) is 4.99 Å². The van der Waals surface area contributed by atoms with Gasteiger partial charge in [-0.15, -0.1) is 0 Å². The van der Waals surface area contributed by atoms with E-state index in [1.54, 1.807) is 4.90 Å². The van der Waals surface area contributed by atoms with Crippen molar-refractivity contribution in [2.75, 3.05) is 39.4 Å². The van der Waals surface area contributed by atoms with Crippen molar-refractivity contribution in [2.24, 2.45) is 10.7 Å². The van der Waals surface area contributed by atoms with E-state index < -0.39 is 5.60 Å². The molecule has 1 amide bonds. The van der Waals surface area contributed by atoms with Gasteiger partial charge in [-0.25, -0.2) is 4.79 Å². The smallest absolute Gasteiger partial charge is 0.410 e. The summed E-state index contributed by atoms with van der Waals surface area (Å²) in [6.45, 7) is 7.87. The summed E-state index contributed by atoms with van der Waals surface area (Å²) in [5.41, 5.74) is 5.35. The molecular formula is C13H25FN4O2. The fourth-order valence-corrected chi connectivity index (χ4v) is 1.80. The number of carbonyl (C=O) groups is 1. The molecule has 0 aromatic carbocycles. The quantitative estimate of drug-likeness (QED) is 0.481. The molecule has 1 aliphatic heterocycles. The number of aliphatic imine (C=N–C) groups is 1. The van der Waals surface area contributed by atoms with E-state index in [0.717, 1.165) is 0 Å². The number of guanidine groups is 1. The van der Waals surface area contributed by atoms with Gasteiger partial charge in [-0.3, -0.25) is 9.38 Å². The van der Waals surface area contributed by atoms with Crippen molar-refractivity contribution in [1.29, 1.82) is 0 Å². The minimum atomic E-state index is -0.485. The first-order valence-corrected chi connectivity index (χ1v) is 6.92. The largest absolute Gasteiger partial charge is 0.444 e. The number of halogens is 1. The minimum Gasteiger partial charge on any atom is -0.444 e. The third kappa shape index (κ3) is 5.63. The molecule has 0 bridgehead atoms. The van der Waals surface area contributed by atoms with E-state index in [4.69, 9.17) is 10.5 Å². The summed E-state index contributed by atoms with van der Waals surface area (Å²) in [5, 5.41) is 0. The van der Waals surface area contributed by atoms with Crippen LogP contribution in [-0.2, 0) is 4.74 Å². The molecule has 6 nitrogen and oxygen atoms in total. The van der Waals surface area contributed by atoms with Crippen LogP contribution in [0.5, 0.6) is 0 Å². The molecule has 0 spiro atoms. The number of nitrogens with two attached hydrogens (primary N) is 1. The zero-order valence-corrected chi connectivity index (χ0v) is 12.6. The number of carbonyl (C=O) groups excluding carboxylic acids is 1. The Balaban J connectivity index is 2.39. The van der Waals surface area contributed by atoms with Crippen molar-refractivity contribution >= 4 is 12.1 Å². The van der Waals surface area contributed by atoms with Crippen molar-refractivity contribution in [2.45, 2.75) is 32.8 Å². The molecule has 1 heterocycles. The molecule has 0 atom stereocenters. The van der Waals surface area contributed by atoms with Crippen molar-refractivity contribution in [3.63, 3.8) is 0 Å². The molecule has 0 saturated carbocycles. The summed E-state index contributed by atoms with van der Waals surface area (Å²) < 4.78 is 17.3. The Morgan fingerprint density at radius 1 is 1.25 bits per heavy atom. The van der Waals surface area contributed by atoms with Crippen LogP contribution < -0.4 is 5.73 Å². The Hall–Kier alpha value is -1.53. The van der Waals surface area contributed by atoms with Gasteiger partial charge in [0.25, 0.3) is 0 Å². The van der Waals surface area contributed by atoms with Crippen molar-refractivity contribution < 1.29 is 13.9 Å². The lowest BCUT2D eigenvalue weighted by molar-refractivity contribution is 0.0186. The number of hydrogen-bond donors (Lipinski definition) is 1. The predicted octanol–water partition coefficient (Wildman–Crippen LogP) is 1.21. The zero-order chi connectivity index (χ0) is 15.2. The molecule has 0 unspecified atom stereocenters. The first-order chi connectivity index (χ1) is 9.33. The zero-order valence-electron chi connectivity index (χ0n) is 12.6. The summed E-state index contributed by atoms with van der Waals surface area (Å²) in [6.07, 6.45) is 0.0866. The Morgan fingerprint density at radius 3 is 2.30 bits per heavy atom. The highest BCUT2D eigenvalue weighted by Crippen LogP contribution is 2.11. The number of nitrogens with zero attached hydrogens (tertiary/aromatic N) is 3. The van der Waals surface area contributed by atoms with Gasteiger partial charge in [0.2, 0.25) is 0 Å². The molecule has 116 valence electrons. The summed E-state index contributed by atoms with van der Waals surface area (Å²) in [6, 6.07) is 0. The molecule has 20 heavy (non-hydrogen) atoms. The minimum absolute atomic E-state index is 0.301. The molecule has 7 heteroatoms. The highest BCUT2D eigenvalue weighted by Gasteiger charge is 2.26. The van der Waals surface area contributed by atoms with Crippen LogP contribution in [0, 0.1) is 0 Å². The van der Waals surface area contributed by atoms with Crippen LogP contribution in [-0.4, -0.2) is 66.9 Å². The molecule has 2 N–H and O–H groups in total. The first-order valence-electron chi connectivity index (χ1n) is 6.92. The Morgan fingerprint density at radius 2 is 1.80 bits per heavy atom. The van der Waals surface area contributed by atoms with Crippen molar-refractivity contribution in [1.82, 2.24) is 9.80 Å². The van der Waals surface area contributed by atoms with E-state index in [0.29, 0.717) is 45.1 Å². The average Bonchev–Trinajstić information content (AvgIpc) is 2.37. The molecule has 1 saturated heterocycles. The number of rotatable bonds is 3. The molecule has 1 rings (SSSR count). The Kier molecular flexibility index (Phi) is 6.04. The lowest BCUT2D eigenvalue weighted by Gasteiger charge is -2.36. The summed E-state index contributed by atoms with van der Waals surface area (Å²) >= 11 is 0. The van der Waals surface area contributed by atoms with Crippen LogP contribution in [0.3, 0.4) is 0 Å². The number of hydrogen-bond acceptors (Lipinski definition) is 3. The van der Waals surface area contributed by atoms with Crippen LogP contribution in [0.4, 0.5) is 9.18 Å². The number of amides is 1. The SMILES string of the molecule is CC(C)(C)OC(=O)N1CCN(C(N)=NCCCF)CC1. The number of ether oxygens (including phenoxy) is 1. The summed E-state index contributed by atoms with van der Waals surface area (Å²) in [7, 11) is 0. The van der Waals surface area contributed by atoms with Crippen LogP contribution in [0.2, 0.25) is 0 Å². The monoisotopic (exact) mass is 288 g/mol. The Bertz CT molecular complexity index is 347. The van der Waals surface area contributed by atoms with Gasteiger partial charge in [-0.05, 0) is 27.2 Å². The van der Waals surface area contributed by atoms with E-state index in [9.17, 15) is 9.18 Å². The van der Waals surface area contributed by atoms with E-state index in [1.807, 2.05) is 25.7 Å². The molecule has 1 aliphatic rings. The fourth-order valence-electron chi connectivity index (χ4n) is 1.80. The van der Waals surface area contributed by atoms with E-state index in [1.165, 1.54) is 0 Å². The Labute approximate surface area is 119 Å². The lowest BCUT2D eigenvalue weighted by Crippen LogP contribution is -2.53. The van der Waals surface area contributed by atoms with Crippen LogP contribution in [0.1, 0.15) is 27.2 Å². The number of alkyl halides is 1. The third-order valence-corrected chi connectivity index (χ3v) is 2.82. The van der Waals surface area contributed by atoms with E-state index in [-0.39, 0.29) is 12.8 Å². The van der Waals surface area contributed by atoms with Gasteiger partial charge in [-0.2, -0.15) is 0 Å². The van der Waals surface area contributed by atoms with Gasteiger partial charge in [0, 0.05) is 32.7 Å². The van der Waals surface area contributed by atoms with Crippen molar-refractivity contribution in [3.8, 4) is 0 Å². The molecule has 0 aromatic heterocycles. The van der Waals surface area contributed by atoms with Gasteiger partial charge in [-0.1, -0.05) is 0 Å². The second-order valence-electron chi connectivity index (χ2n) is 5.74. The summed E-state index contributed by atoms with van der Waals surface area (Å²) in [4.78, 5) is 19.6. The van der Waals surface area contributed by atoms with Gasteiger partial charge >= 0.3 is 6.09 Å². The third-order valence-electron chi connectivity index (χ3n) is 2.82. The number of piperazine rings is 1. The van der Waals surface area contributed by atoms with Gasteiger partial charge in [0.15, 0.2) is 5.96 Å². The molecule has 0 aliphatic carbocycles. The molecule has 1 fully saturated rings. The van der Waals surface area contributed by atoms with Crippen LogP contribution >= 0.6 is 0 Å². The van der Waals surface area contributed by atoms with Crippen LogP contribution in [0.15, 0.2) is 4.99 Å². The highest BCUT2D eigenvalue weighted by atomic mass is 19.1. The van der Waals surface area contributed by atoms with Gasteiger partial charge in [0.05, 0.1) is 6.67 Å². The normalized spacial score (nSPS) is 17.3. The predicted molar refractivity (Wildman–Crippen MR) is 76.5 cm³/mol. The topological polar surface area (TPSA) is 71.2 Å². The van der Waals surface area contributed by atoms with Crippen molar-refractivity contribution in [3.05, 3.63) is 0 Å². The van der Waals surface area contributed by atoms with Gasteiger partial charge in [0.1, 0.15) is 5.60 Å². The molecular weight excluding hydrogens is 263 g/mol. The van der Waals surface area contributed by atoms with Crippen LogP contribution in [0.25, 0.3) is 0 Å². The van der Waals surface area contributed by atoms with Gasteiger partial charge < -0.3 is 20.3 Å². The summed E-state index contributed by atoms with van der Waals surface area (Å²) in [5.74, 6) is 0.419. The maximum Gasteiger partial charge on any atom is 0.410 e. The fraction of sp³-hybridized carbons (Fsp3) is 0.846. The second-order valence-corrected chi connectivity index (χ2v) is 5.74. The van der Waals surface area contributed by atoms with E-state index >= 15 is 0 Å². The highest BCUT2D eigenvalue weighted by molar-refractivity contribution is 5.78. The maximum absolute atomic E-state index is 12.0. The first kappa shape index (κ1) is 16.5. The second kappa shape index (κ2) is 7.31. The lowest BCUT2D eigenvalue weighted by atomic mass is 10.2. The molecule has 0 radical (unpaired) electrons. The average molecular weight is 288 g/mol. The maximum atomic E-state index is 12.0.